The van der Waals surface area contributed by atoms with Gasteiger partial charge in [0.1, 0.15) is 17.6 Å². The van der Waals surface area contributed by atoms with E-state index >= 15 is 0 Å². The first-order chi connectivity index (χ1) is 10.1. The first kappa shape index (κ1) is 20.4. The SMILES string of the molecule is O=C(CCl)NCCCNCCCN(C(=O)CCl)C(=O)CCl. The van der Waals surface area contributed by atoms with E-state index in [1.165, 1.54) is 0 Å². The maximum absolute atomic E-state index is 11.5. The summed E-state index contributed by atoms with van der Waals surface area (Å²) in [6.07, 6.45) is 1.38. The van der Waals surface area contributed by atoms with Crippen LogP contribution in [0.15, 0.2) is 0 Å². The number of hydrogen-bond acceptors (Lipinski definition) is 4. The first-order valence-corrected chi connectivity index (χ1v) is 8.15. The minimum absolute atomic E-state index is 0.0353. The lowest BCUT2D eigenvalue weighted by Gasteiger charge is -2.18. The number of nitrogens with zero attached hydrogens (tertiary/aromatic N) is 1. The van der Waals surface area contributed by atoms with Crippen LogP contribution in [0.1, 0.15) is 12.8 Å². The molecular weight excluding hydrogens is 341 g/mol. The van der Waals surface area contributed by atoms with Gasteiger partial charge in [-0.05, 0) is 25.9 Å². The van der Waals surface area contributed by atoms with Crippen molar-refractivity contribution in [3.63, 3.8) is 0 Å². The average Bonchev–Trinajstić information content (AvgIpc) is 2.51. The number of halogens is 3. The number of amides is 3. The monoisotopic (exact) mass is 359 g/mol. The van der Waals surface area contributed by atoms with Crippen LogP contribution in [0.25, 0.3) is 0 Å². The van der Waals surface area contributed by atoms with Crippen molar-refractivity contribution >= 4 is 52.5 Å². The summed E-state index contributed by atoms with van der Waals surface area (Å²) in [5.41, 5.74) is 0. The van der Waals surface area contributed by atoms with E-state index in [1.807, 2.05) is 0 Å². The van der Waals surface area contributed by atoms with E-state index in [0.717, 1.165) is 17.9 Å². The largest absolute Gasteiger partial charge is 0.355 e. The Labute approximate surface area is 139 Å². The Morgan fingerprint density at radius 2 is 1.38 bits per heavy atom. The number of nitrogens with one attached hydrogen (secondary N) is 2. The van der Waals surface area contributed by atoms with Gasteiger partial charge in [0.2, 0.25) is 17.7 Å². The van der Waals surface area contributed by atoms with Crippen molar-refractivity contribution in [2.24, 2.45) is 0 Å². The first-order valence-electron chi connectivity index (χ1n) is 6.55. The predicted molar refractivity (Wildman–Crippen MR) is 84.0 cm³/mol. The fourth-order valence-corrected chi connectivity index (χ4v) is 1.89. The Bertz CT molecular complexity index is 327. The van der Waals surface area contributed by atoms with Gasteiger partial charge >= 0.3 is 0 Å². The van der Waals surface area contributed by atoms with Gasteiger partial charge in [0.15, 0.2) is 0 Å². The van der Waals surface area contributed by atoms with Gasteiger partial charge in [-0.15, -0.1) is 34.8 Å². The minimum Gasteiger partial charge on any atom is -0.355 e. The summed E-state index contributed by atoms with van der Waals surface area (Å²) in [4.78, 5) is 34.8. The fourth-order valence-electron chi connectivity index (χ4n) is 1.51. The van der Waals surface area contributed by atoms with Crippen molar-refractivity contribution in [1.29, 1.82) is 0 Å². The Kier molecular flexibility index (Phi) is 12.8. The molecule has 21 heavy (non-hydrogen) atoms. The van der Waals surface area contributed by atoms with E-state index in [2.05, 4.69) is 10.6 Å². The zero-order chi connectivity index (χ0) is 16.1. The number of carbonyl (C=O) groups is 3. The van der Waals surface area contributed by atoms with Gasteiger partial charge in [0.05, 0.1) is 0 Å². The molecule has 6 nitrogen and oxygen atoms in total. The van der Waals surface area contributed by atoms with Crippen molar-refractivity contribution in [1.82, 2.24) is 15.5 Å². The molecule has 0 aromatic heterocycles. The maximum atomic E-state index is 11.5. The third-order valence-corrected chi connectivity index (χ3v) is 3.24. The number of imide groups is 1. The molecule has 0 aliphatic rings. The summed E-state index contributed by atoms with van der Waals surface area (Å²) in [6, 6.07) is 0. The van der Waals surface area contributed by atoms with Gasteiger partial charge < -0.3 is 10.6 Å². The van der Waals surface area contributed by atoms with E-state index < -0.39 is 11.8 Å². The second-order valence-electron chi connectivity index (χ2n) is 4.15. The molecule has 0 saturated carbocycles. The lowest BCUT2D eigenvalue weighted by atomic mass is 10.3. The summed E-state index contributed by atoms with van der Waals surface area (Å²) in [5.74, 6) is -1.58. The summed E-state index contributed by atoms with van der Waals surface area (Å²) in [6.45, 7) is 2.20. The number of rotatable bonds is 11. The summed E-state index contributed by atoms with van der Waals surface area (Å²) >= 11 is 16.2. The molecule has 3 amide bonds. The molecule has 0 aromatic carbocycles. The molecule has 0 aliphatic heterocycles. The topological polar surface area (TPSA) is 78.5 Å². The molecule has 122 valence electrons. The van der Waals surface area contributed by atoms with Crippen LogP contribution in [0.3, 0.4) is 0 Å². The van der Waals surface area contributed by atoms with Gasteiger partial charge in [-0.2, -0.15) is 0 Å². The fraction of sp³-hybridized carbons (Fsp3) is 0.750. The Morgan fingerprint density at radius 3 is 1.90 bits per heavy atom. The molecule has 0 rings (SSSR count). The van der Waals surface area contributed by atoms with Crippen LogP contribution in [-0.4, -0.2) is 66.4 Å². The molecule has 9 heteroatoms. The van der Waals surface area contributed by atoms with E-state index in [4.69, 9.17) is 34.8 Å². The van der Waals surface area contributed by atoms with Crippen molar-refractivity contribution in [2.45, 2.75) is 12.8 Å². The average molecular weight is 361 g/mol. The van der Waals surface area contributed by atoms with E-state index in [0.29, 0.717) is 19.5 Å². The maximum Gasteiger partial charge on any atom is 0.244 e. The van der Waals surface area contributed by atoms with E-state index in [1.54, 1.807) is 0 Å². The molecule has 0 bridgehead atoms. The molecule has 0 aromatic rings. The smallest absolute Gasteiger partial charge is 0.244 e. The second kappa shape index (κ2) is 13.1. The summed E-state index contributed by atoms with van der Waals surface area (Å²) in [5, 5.41) is 5.80. The van der Waals surface area contributed by atoms with Crippen molar-refractivity contribution in [2.75, 3.05) is 43.8 Å². The molecule has 2 N–H and O–H groups in total. The minimum atomic E-state index is -0.439. The highest BCUT2D eigenvalue weighted by molar-refractivity contribution is 6.31. The van der Waals surface area contributed by atoms with Gasteiger partial charge in [0, 0.05) is 13.1 Å². The van der Waals surface area contributed by atoms with Gasteiger partial charge in [-0.25, -0.2) is 0 Å². The zero-order valence-corrected chi connectivity index (χ0v) is 13.9. The van der Waals surface area contributed by atoms with Crippen LogP contribution >= 0.6 is 34.8 Å². The number of carbonyl (C=O) groups excluding carboxylic acids is 3. The van der Waals surface area contributed by atoms with Gasteiger partial charge in [-0.1, -0.05) is 0 Å². The number of alkyl halides is 3. The number of hydrogen-bond donors (Lipinski definition) is 2. The summed E-state index contributed by atoms with van der Waals surface area (Å²) in [7, 11) is 0. The third-order valence-electron chi connectivity index (χ3n) is 2.54. The van der Waals surface area contributed by atoms with Crippen LogP contribution in [0.2, 0.25) is 0 Å². The highest BCUT2D eigenvalue weighted by atomic mass is 35.5. The molecule has 0 fully saturated rings. The molecule has 0 atom stereocenters. The molecule has 0 radical (unpaired) electrons. The van der Waals surface area contributed by atoms with Gasteiger partial charge in [0.25, 0.3) is 0 Å². The van der Waals surface area contributed by atoms with Crippen LogP contribution in [0.4, 0.5) is 0 Å². The molecule has 0 aliphatic carbocycles. The van der Waals surface area contributed by atoms with Crippen molar-refractivity contribution in [3.05, 3.63) is 0 Å². The van der Waals surface area contributed by atoms with E-state index in [9.17, 15) is 14.4 Å². The lowest BCUT2D eigenvalue weighted by Crippen LogP contribution is -2.40. The second-order valence-corrected chi connectivity index (χ2v) is 4.95. The highest BCUT2D eigenvalue weighted by Gasteiger charge is 2.18. The molecule has 0 heterocycles. The Morgan fingerprint density at radius 1 is 0.810 bits per heavy atom. The van der Waals surface area contributed by atoms with Crippen molar-refractivity contribution in [3.8, 4) is 0 Å². The Balaban J connectivity index is 3.70. The molecule has 0 spiro atoms. The van der Waals surface area contributed by atoms with Gasteiger partial charge in [-0.3, -0.25) is 19.3 Å². The normalized spacial score (nSPS) is 10.2. The van der Waals surface area contributed by atoms with Crippen LogP contribution in [0, 0.1) is 0 Å². The third kappa shape index (κ3) is 9.90. The van der Waals surface area contributed by atoms with Crippen molar-refractivity contribution < 1.29 is 14.4 Å². The Hall–Kier alpha value is -0.560. The van der Waals surface area contributed by atoms with E-state index in [-0.39, 0.29) is 30.1 Å². The zero-order valence-electron chi connectivity index (χ0n) is 11.7. The molecule has 0 saturated heterocycles. The predicted octanol–water partition coefficient (Wildman–Crippen LogP) is 0.544. The van der Waals surface area contributed by atoms with Crippen LogP contribution in [-0.2, 0) is 14.4 Å². The summed E-state index contributed by atoms with van der Waals surface area (Å²) < 4.78 is 0. The molecular formula is C12H20Cl3N3O3. The highest BCUT2D eigenvalue weighted by Crippen LogP contribution is 1.98. The molecule has 0 unspecified atom stereocenters. The lowest BCUT2D eigenvalue weighted by molar-refractivity contribution is -0.141. The standard InChI is InChI=1S/C12H20Cl3N3O3/c13-7-10(19)17-5-1-3-16-4-2-6-18(11(20)8-14)12(21)9-15/h16H,1-9H2,(H,17,19). The van der Waals surface area contributed by atoms with Crippen LogP contribution in [0.5, 0.6) is 0 Å². The quantitative estimate of drug-likeness (QED) is 0.416. The van der Waals surface area contributed by atoms with Crippen LogP contribution < -0.4 is 10.6 Å².